The van der Waals surface area contributed by atoms with E-state index in [0.29, 0.717) is 34.6 Å². The number of carbonyl (C=O) groups excluding carboxylic acids is 1. The Balaban J connectivity index is 1.54. The van der Waals surface area contributed by atoms with Crippen LogP contribution in [0.2, 0.25) is 5.02 Å². The Morgan fingerprint density at radius 2 is 1.93 bits per heavy atom. The molecular formula is C22H21ClN2O2. The van der Waals surface area contributed by atoms with Gasteiger partial charge in [0.1, 0.15) is 5.56 Å². The van der Waals surface area contributed by atoms with Gasteiger partial charge in [-0.15, -0.1) is 0 Å². The van der Waals surface area contributed by atoms with Gasteiger partial charge in [0, 0.05) is 11.4 Å². The first-order valence-electron chi connectivity index (χ1n) is 9.15. The van der Waals surface area contributed by atoms with E-state index in [1.54, 1.807) is 0 Å². The number of rotatable bonds is 6. The fourth-order valence-electron chi connectivity index (χ4n) is 3.50. The summed E-state index contributed by atoms with van der Waals surface area (Å²) >= 11 is 6.02. The van der Waals surface area contributed by atoms with E-state index >= 15 is 0 Å². The molecule has 4 rings (SSSR count). The number of halogens is 1. The monoisotopic (exact) mass is 380 g/mol. The van der Waals surface area contributed by atoms with Crippen molar-refractivity contribution in [1.82, 2.24) is 10.5 Å². The number of benzene rings is 2. The number of hydrogen-bond acceptors (Lipinski definition) is 3. The lowest BCUT2D eigenvalue weighted by molar-refractivity contribution is 0.0929. The smallest absolute Gasteiger partial charge is 0.257 e. The zero-order valence-electron chi connectivity index (χ0n) is 15.1. The van der Waals surface area contributed by atoms with Gasteiger partial charge in [-0.05, 0) is 41.5 Å². The van der Waals surface area contributed by atoms with E-state index in [4.69, 9.17) is 16.1 Å². The van der Waals surface area contributed by atoms with Crippen molar-refractivity contribution >= 4 is 17.5 Å². The maximum Gasteiger partial charge on any atom is 0.257 e. The molecule has 0 spiro atoms. The van der Waals surface area contributed by atoms with E-state index in [1.807, 2.05) is 54.6 Å². The quantitative estimate of drug-likeness (QED) is 0.651. The predicted octanol–water partition coefficient (Wildman–Crippen LogP) is 5.05. The van der Waals surface area contributed by atoms with Gasteiger partial charge < -0.3 is 9.84 Å². The minimum absolute atomic E-state index is 0.0377. The van der Waals surface area contributed by atoms with Crippen molar-refractivity contribution in [3.05, 3.63) is 88.3 Å². The molecule has 1 fully saturated rings. The van der Waals surface area contributed by atoms with Crippen molar-refractivity contribution in [3.8, 4) is 0 Å². The highest BCUT2D eigenvalue weighted by Gasteiger charge is 2.41. The first-order chi connectivity index (χ1) is 13.1. The topological polar surface area (TPSA) is 55.1 Å². The van der Waals surface area contributed by atoms with Gasteiger partial charge in [0.05, 0.1) is 12.2 Å². The molecule has 3 unspecified atom stereocenters. The van der Waals surface area contributed by atoms with Crippen molar-refractivity contribution < 1.29 is 9.32 Å². The lowest BCUT2D eigenvalue weighted by Gasteiger charge is -2.19. The molecule has 4 nitrogen and oxygen atoms in total. The second-order valence-corrected chi connectivity index (χ2v) is 7.64. The third-order valence-electron chi connectivity index (χ3n) is 5.21. The van der Waals surface area contributed by atoms with Gasteiger partial charge in [0.25, 0.3) is 5.91 Å². The van der Waals surface area contributed by atoms with Gasteiger partial charge in [-0.1, -0.05) is 66.1 Å². The Hall–Kier alpha value is -2.59. The van der Waals surface area contributed by atoms with Crippen LogP contribution in [-0.4, -0.2) is 11.1 Å². The number of nitrogens with zero attached hydrogens (tertiary/aromatic N) is 1. The Kier molecular flexibility index (Phi) is 4.99. The molecule has 1 saturated carbocycles. The predicted molar refractivity (Wildman–Crippen MR) is 105 cm³/mol. The van der Waals surface area contributed by atoms with Crippen molar-refractivity contribution in [2.45, 2.75) is 25.8 Å². The van der Waals surface area contributed by atoms with Crippen LogP contribution < -0.4 is 5.32 Å². The normalized spacial score (nSPS) is 19.5. The van der Waals surface area contributed by atoms with E-state index in [-0.39, 0.29) is 11.9 Å². The van der Waals surface area contributed by atoms with Crippen LogP contribution in [-0.2, 0) is 6.42 Å². The average molecular weight is 381 g/mol. The molecular weight excluding hydrogens is 360 g/mol. The standard InChI is InChI=1S/C22H21ClN2O2/c1-14-11-18(14)21(16-7-9-17(23)10-8-16)25-22(26)19-13-24-27-20(19)12-15-5-3-2-4-6-15/h2-10,13-14,18,21H,11-12H2,1H3,(H,25,26). The summed E-state index contributed by atoms with van der Waals surface area (Å²) in [5, 5.41) is 7.74. The van der Waals surface area contributed by atoms with Crippen molar-refractivity contribution in [2.24, 2.45) is 11.8 Å². The zero-order valence-corrected chi connectivity index (χ0v) is 15.8. The van der Waals surface area contributed by atoms with Crippen molar-refractivity contribution in [3.63, 3.8) is 0 Å². The third kappa shape index (κ3) is 4.06. The van der Waals surface area contributed by atoms with Gasteiger partial charge in [-0.2, -0.15) is 0 Å². The minimum Gasteiger partial charge on any atom is -0.360 e. The number of carbonyl (C=O) groups is 1. The molecule has 2 aromatic carbocycles. The lowest BCUT2D eigenvalue weighted by atomic mass is 10.00. The molecule has 5 heteroatoms. The largest absolute Gasteiger partial charge is 0.360 e. The molecule has 1 aromatic heterocycles. The summed E-state index contributed by atoms with van der Waals surface area (Å²) in [4.78, 5) is 13.0. The number of aromatic nitrogens is 1. The fourth-order valence-corrected chi connectivity index (χ4v) is 3.63. The van der Waals surface area contributed by atoms with E-state index in [0.717, 1.165) is 17.5 Å². The highest BCUT2D eigenvalue weighted by atomic mass is 35.5. The summed E-state index contributed by atoms with van der Waals surface area (Å²) in [6, 6.07) is 17.6. The van der Waals surface area contributed by atoms with Crippen LogP contribution in [0.1, 0.15) is 46.6 Å². The lowest BCUT2D eigenvalue weighted by Crippen LogP contribution is -2.30. The summed E-state index contributed by atoms with van der Waals surface area (Å²) < 4.78 is 5.36. The zero-order chi connectivity index (χ0) is 18.8. The van der Waals surface area contributed by atoms with Crippen LogP contribution in [0.5, 0.6) is 0 Å². The summed E-state index contributed by atoms with van der Waals surface area (Å²) in [6.07, 6.45) is 3.14. The molecule has 0 aliphatic heterocycles. The molecule has 1 aliphatic rings. The van der Waals surface area contributed by atoms with Crippen LogP contribution in [0, 0.1) is 11.8 Å². The Morgan fingerprint density at radius 1 is 1.22 bits per heavy atom. The molecule has 3 atom stereocenters. The van der Waals surface area contributed by atoms with Gasteiger partial charge in [0.2, 0.25) is 0 Å². The third-order valence-corrected chi connectivity index (χ3v) is 5.46. The molecule has 0 radical (unpaired) electrons. The first-order valence-corrected chi connectivity index (χ1v) is 9.53. The van der Waals surface area contributed by atoms with Crippen LogP contribution in [0.4, 0.5) is 0 Å². The van der Waals surface area contributed by atoms with Crippen LogP contribution in [0.25, 0.3) is 0 Å². The van der Waals surface area contributed by atoms with Crippen LogP contribution in [0.3, 0.4) is 0 Å². The Morgan fingerprint density at radius 3 is 2.59 bits per heavy atom. The SMILES string of the molecule is CC1CC1C(NC(=O)c1cnoc1Cc1ccccc1)c1ccc(Cl)cc1. The summed E-state index contributed by atoms with van der Waals surface area (Å²) in [6.45, 7) is 2.21. The molecule has 0 saturated heterocycles. The summed E-state index contributed by atoms with van der Waals surface area (Å²) in [7, 11) is 0. The second-order valence-electron chi connectivity index (χ2n) is 7.20. The van der Waals surface area contributed by atoms with Gasteiger partial charge >= 0.3 is 0 Å². The van der Waals surface area contributed by atoms with E-state index in [2.05, 4.69) is 17.4 Å². The van der Waals surface area contributed by atoms with E-state index < -0.39 is 0 Å². The molecule has 27 heavy (non-hydrogen) atoms. The molecule has 3 aromatic rings. The maximum atomic E-state index is 13.0. The Labute approximate surface area is 163 Å². The molecule has 138 valence electrons. The van der Waals surface area contributed by atoms with Crippen LogP contribution in [0.15, 0.2) is 65.3 Å². The minimum atomic E-state index is -0.152. The van der Waals surface area contributed by atoms with Gasteiger partial charge in [-0.3, -0.25) is 4.79 Å². The second kappa shape index (κ2) is 7.57. The number of nitrogens with one attached hydrogen (secondary N) is 1. The number of hydrogen-bond donors (Lipinski definition) is 1. The molecule has 1 heterocycles. The molecule has 1 aliphatic carbocycles. The summed E-state index contributed by atoms with van der Waals surface area (Å²) in [5.74, 6) is 1.46. The van der Waals surface area contributed by atoms with Crippen LogP contribution >= 0.6 is 11.6 Å². The first kappa shape index (κ1) is 17.8. The highest BCUT2D eigenvalue weighted by Crippen LogP contribution is 2.47. The summed E-state index contributed by atoms with van der Waals surface area (Å²) in [5.41, 5.74) is 2.64. The van der Waals surface area contributed by atoms with Gasteiger partial charge in [0.15, 0.2) is 5.76 Å². The maximum absolute atomic E-state index is 13.0. The molecule has 1 amide bonds. The highest BCUT2D eigenvalue weighted by molar-refractivity contribution is 6.30. The fraction of sp³-hybridized carbons (Fsp3) is 0.273. The van der Waals surface area contributed by atoms with E-state index in [9.17, 15) is 4.79 Å². The van der Waals surface area contributed by atoms with E-state index in [1.165, 1.54) is 6.20 Å². The molecule has 1 N–H and O–H groups in total. The van der Waals surface area contributed by atoms with Crippen molar-refractivity contribution in [2.75, 3.05) is 0 Å². The van der Waals surface area contributed by atoms with Gasteiger partial charge in [-0.25, -0.2) is 0 Å². The average Bonchev–Trinajstić information content (AvgIpc) is 3.21. The van der Waals surface area contributed by atoms with Crippen molar-refractivity contribution in [1.29, 1.82) is 0 Å². The Bertz CT molecular complexity index is 921. The number of amides is 1. The molecule has 0 bridgehead atoms.